The highest BCUT2D eigenvalue weighted by molar-refractivity contribution is 6.59. The number of rotatable bonds is 9. The summed E-state index contributed by atoms with van der Waals surface area (Å²) in [4.78, 5) is 0. The lowest BCUT2D eigenvalue weighted by molar-refractivity contribution is 0.0720. The highest BCUT2D eigenvalue weighted by Gasteiger charge is 2.33. The van der Waals surface area contributed by atoms with E-state index in [0.717, 1.165) is 22.6 Å². The molecule has 0 fully saturated rings. The molecular weight excluding hydrogens is 324 g/mol. The fraction of sp³-hybridized carbons (Fsp3) is 0.333. The molecule has 0 aromatic heterocycles. The van der Waals surface area contributed by atoms with E-state index in [0.29, 0.717) is 13.2 Å². The summed E-state index contributed by atoms with van der Waals surface area (Å²) in [7, 11) is 2.22. The smallest absolute Gasteiger partial charge is 0.497 e. The molecule has 24 heavy (non-hydrogen) atoms. The number of hydrogen-bond acceptors (Lipinski definition) is 5. The zero-order chi connectivity index (χ0) is 17.4. The van der Waals surface area contributed by atoms with Gasteiger partial charge in [-0.25, -0.2) is 0 Å². The number of ether oxygens (including phenoxy) is 2. The molecule has 0 radical (unpaired) electrons. The Morgan fingerprint density at radius 1 is 0.667 bits per heavy atom. The Bertz CT molecular complexity index is 561. The molecule has 0 amide bonds. The molecule has 0 unspecified atom stereocenters. The van der Waals surface area contributed by atoms with Crippen LogP contribution in [0.15, 0.2) is 48.5 Å². The fourth-order valence-electron chi connectivity index (χ4n) is 2.03. The Morgan fingerprint density at radius 2 is 1.04 bits per heavy atom. The highest BCUT2D eigenvalue weighted by Crippen LogP contribution is 2.18. The summed E-state index contributed by atoms with van der Waals surface area (Å²) in [6, 6.07) is 15.5. The van der Waals surface area contributed by atoms with Crippen LogP contribution >= 0.6 is 0 Å². The van der Waals surface area contributed by atoms with Crippen molar-refractivity contribution >= 4 is 8.80 Å². The molecule has 0 N–H and O–H groups in total. The van der Waals surface area contributed by atoms with Crippen LogP contribution in [0.4, 0.5) is 0 Å². The standard InChI is InChI=1S/C18H24O5Si/c1-19-17-9-5-15(6-10-17)13-22-24(4,21-3)23-14-16-7-11-18(20-2)12-8-16/h5-12H,13-14H2,1-4H3. The second-order valence-corrected chi connectivity index (χ2v) is 8.05. The molecule has 0 heterocycles. The third-order valence-corrected chi connectivity index (χ3v) is 5.77. The minimum Gasteiger partial charge on any atom is -0.497 e. The van der Waals surface area contributed by atoms with E-state index in [4.69, 9.17) is 22.8 Å². The maximum absolute atomic E-state index is 5.93. The summed E-state index contributed by atoms with van der Waals surface area (Å²) < 4.78 is 27.7. The largest absolute Gasteiger partial charge is 0.497 e. The molecule has 2 aromatic rings. The van der Waals surface area contributed by atoms with Gasteiger partial charge in [0.25, 0.3) is 0 Å². The highest BCUT2D eigenvalue weighted by atomic mass is 28.4. The normalized spacial score (nSPS) is 11.3. The van der Waals surface area contributed by atoms with Crippen LogP contribution in [0.25, 0.3) is 0 Å². The van der Waals surface area contributed by atoms with Crippen molar-refractivity contribution in [3.05, 3.63) is 59.7 Å². The Hall–Kier alpha value is -1.86. The van der Waals surface area contributed by atoms with Crippen LogP contribution in [0.5, 0.6) is 11.5 Å². The van der Waals surface area contributed by atoms with E-state index in [-0.39, 0.29) is 0 Å². The lowest BCUT2D eigenvalue weighted by atomic mass is 10.2. The first-order chi connectivity index (χ1) is 11.6. The topological polar surface area (TPSA) is 46.2 Å². The van der Waals surface area contributed by atoms with Crippen LogP contribution in [-0.2, 0) is 26.5 Å². The SMILES string of the molecule is COc1ccc(CO[Si](C)(OC)OCc2ccc(OC)cc2)cc1. The number of hydrogen-bond donors (Lipinski definition) is 0. The van der Waals surface area contributed by atoms with Gasteiger partial charge in [0.1, 0.15) is 11.5 Å². The predicted octanol–water partition coefficient (Wildman–Crippen LogP) is 3.65. The van der Waals surface area contributed by atoms with Gasteiger partial charge in [-0.1, -0.05) is 24.3 Å². The molecule has 6 heteroatoms. The maximum atomic E-state index is 5.93. The molecule has 0 atom stereocenters. The molecule has 5 nitrogen and oxygen atoms in total. The maximum Gasteiger partial charge on any atom is 0.497 e. The molecule has 0 saturated heterocycles. The van der Waals surface area contributed by atoms with E-state index in [9.17, 15) is 0 Å². The molecule has 0 saturated carbocycles. The lowest BCUT2D eigenvalue weighted by Gasteiger charge is -2.24. The summed E-state index contributed by atoms with van der Waals surface area (Å²) in [5.41, 5.74) is 2.08. The molecule has 2 aromatic carbocycles. The first kappa shape index (κ1) is 18.5. The minimum absolute atomic E-state index is 0.434. The van der Waals surface area contributed by atoms with Gasteiger partial charge >= 0.3 is 8.80 Å². The van der Waals surface area contributed by atoms with E-state index < -0.39 is 8.80 Å². The molecule has 0 bridgehead atoms. The molecule has 0 aliphatic heterocycles. The third-order valence-electron chi connectivity index (χ3n) is 3.69. The molecule has 0 aliphatic rings. The molecule has 130 valence electrons. The summed E-state index contributed by atoms with van der Waals surface area (Å²) in [5, 5.41) is 0. The molecule has 0 aliphatic carbocycles. The summed E-state index contributed by atoms with van der Waals surface area (Å²) in [6.07, 6.45) is 0. The Balaban J connectivity index is 1.89. The molecule has 2 rings (SSSR count). The van der Waals surface area contributed by atoms with E-state index in [1.807, 2.05) is 55.1 Å². The average molecular weight is 348 g/mol. The first-order valence-corrected chi connectivity index (χ1v) is 9.90. The van der Waals surface area contributed by atoms with Crippen LogP contribution in [0, 0.1) is 0 Å². The van der Waals surface area contributed by atoms with Crippen molar-refractivity contribution < 1.29 is 22.8 Å². The van der Waals surface area contributed by atoms with Crippen molar-refractivity contribution in [3.63, 3.8) is 0 Å². The second kappa shape index (κ2) is 8.84. The van der Waals surface area contributed by atoms with Gasteiger partial charge in [-0.3, -0.25) is 0 Å². The second-order valence-electron chi connectivity index (χ2n) is 5.34. The van der Waals surface area contributed by atoms with Gasteiger partial charge in [0.05, 0.1) is 27.4 Å². The van der Waals surface area contributed by atoms with Crippen molar-refractivity contribution in [2.24, 2.45) is 0 Å². The van der Waals surface area contributed by atoms with Crippen LogP contribution in [-0.4, -0.2) is 30.1 Å². The summed E-state index contributed by atoms with van der Waals surface area (Å²) in [6.45, 7) is 2.76. The van der Waals surface area contributed by atoms with Crippen molar-refractivity contribution in [1.29, 1.82) is 0 Å². The van der Waals surface area contributed by atoms with Gasteiger partial charge in [0.15, 0.2) is 0 Å². The zero-order valence-electron chi connectivity index (χ0n) is 14.6. The molecular formula is C18H24O5Si. The van der Waals surface area contributed by atoms with Gasteiger partial charge in [0.2, 0.25) is 0 Å². The predicted molar refractivity (Wildman–Crippen MR) is 94.2 cm³/mol. The Kier molecular flexibility index (Phi) is 6.81. The first-order valence-electron chi connectivity index (χ1n) is 7.67. The van der Waals surface area contributed by atoms with Crippen molar-refractivity contribution in [3.8, 4) is 11.5 Å². The van der Waals surface area contributed by atoms with Gasteiger partial charge in [0, 0.05) is 13.7 Å². The monoisotopic (exact) mass is 348 g/mol. The van der Waals surface area contributed by atoms with Crippen LogP contribution in [0.2, 0.25) is 6.55 Å². The van der Waals surface area contributed by atoms with Gasteiger partial charge in [-0.15, -0.1) is 0 Å². The van der Waals surface area contributed by atoms with E-state index in [1.165, 1.54) is 0 Å². The summed E-state index contributed by atoms with van der Waals surface area (Å²) in [5.74, 6) is 1.64. The third kappa shape index (κ3) is 5.35. The Morgan fingerprint density at radius 3 is 1.33 bits per heavy atom. The van der Waals surface area contributed by atoms with E-state index >= 15 is 0 Å². The van der Waals surface area contributed by atoms with Crippen LogP contribution in [0.3, 0.4) is 0 Å². The fourth-order valence-corrected chi connectivity index (χ4v) is 3.21. The van der Waals surface area contributed by atoms with E-state index in [1.54, 1.807) is 21.3 Å². The van der Waals surface area contributed by atoms with Gasteiger partial charge < -0.3 is 22.8 Å². The van der Waals surface area contributed by atoms with Gasteiger partial charge in [-0.2, -0.15) is 0 Å². The minimum atomic E-state index is -2.70. The quantitative estimate of drug-likeness (QED) is 0.647. The van der Waals surface area contributed by atoms with Crippen LogP contribution < -0.4 is 9.47 Å². The summed E-state index contributed by atoms with van der Waals surface area (Å²) >= 11 is 0. The number of methoxy groups -OCH3 is 2. The van der Waals surface area contributed by atoms with Crippen molar-refractivity contribution in [1.82, 2.24) is 0 Å². The Labute approximate surface area is 144 Å². The van der Waals surface area contributed by atoms with Crippen molar-refractivity contribution in [2.75, 3.05) is 21.3 Å². The van der Waals surface area contributed by atoms with E-state index in [2.05, 4.69) is 0 Å². The van der Waals surface area contributed by atoms with Gasteiger partial charge in [-0.05, 0) is 35.4 Å². The molecule has 0 spiro atoms. The zero-order valence-corrected chi connectivity index (χ0v) is 15.6. The number of benzene rings is 2. The lowest BCUT2D eigenvalue weighted by Crippen LogP contribution is -2.41. The average Bonchev–Trinajstić information content (AvgIpc) is 2.65. The van der Waals surface area contributed by atoms with Crippen LogP contribution in [0.1, 0.15) is 11.1 Å². The van der Waals surface area contributed by atoms with Crippen molar-refractivity contribution in [2.45, 2.75) is 19.8 Å².